The van der Waals surface area contributed by atoms with Gasteiger partial charge >= 0.3 is 0 Å². The molecule has 0 unspecified atom stereocenters. The van der Waals surface area contributed by atoms with Crippen LogP contribution in [0.1, 0.15) is 48.5 Å². The van der Waals surface area contributed by atoms with Gasteiger partial charge in [0.05, 0.1) is 25.3 Å². The molecule has 6 rings (SSSR count). The predicted molar refractivity (Wildman–Crippen MR) is 136 cm³/mol. The van der Waals surface area contributed by atoms with Crippen LogP contribution in [-0.4, -0.2) is 59.4 Å². The largest absolute Gasteiger partial charge is 0.497 e. The molecule has 6 heteroatoms. The lowest BCUT2D eigenvalue weighted by molar-refractivity contribution is 0.0424. The number of piperidine rings is 1. The minimum absolute atomic E-state index is 0.0388. The molecule has 3 aromatic rings. The number of benzene rings is 2. The number of ether oxygens (including phenoxy) is 1. The number of rotatable bonds is 6. The van der Waals surface area contributed by atoms with E-state index in [0.29, 0.717) is 0 Å². The lowest BCUT2D eigenvalue weighted by Gasteiger charge is -2.50. The van der Waals surface area contributed by atoms with Gasteiger partial charge < -0.3 is 14.4 Å². The highest BCUT2D eigenvalue weighted by Crippen LogP contribution is 2.51. The van der Waals surface area contributed by atoms with Crippen molar-refractivity contribution in [1.29, 1.82) is 0 Å². The minimum atomic E-state index is -0.178. The number of methoxy groups -OCH3 is 1. The molecule has 3 aliphatic rings. The molecular formula is C29H36FN3O2. The summed E-state index contributed by atoms with van der Waals surface area (Å²) in [5.74, 6) is 1.47. The number of hydrogen-bond donors (Lipinski definition) is 1. The van der Waals surface area contributed by atoms with E-state index < -0.39 is 0 Å². The number of aliphatic hydroxyl groups is 1. The normalized spacial score (nSPS) is 22.6. The fourth-order valence-corrected chi connectivity index (χ4v) is 6.68. The highest BCUT2D eigenvalue weighted by molar-refractivity contribution is 5.88. The quantitative estimate of drug-likeness (QED) is 0.563. The summed E-state index contributed by atoms with van der Waals surface area (Å²) in [5, 5.41) is 11.9. The predicted octanol–water partition coefficient (Wildman–Crippen LogP) is 4.62. The van der Waals surface area contributed by atoms with Crippen LogP contribution in [0.5, 0.6) is 5.75 Å². The molecule has 0 amide bonds. The number of nitrogens with zero attached hydrogens (tertiary/aromatic N) is 3. The topological polar surface area (TPSA) is 40.9 Å². The molecule has 1 spiro atoms. The molecular weight excluding hydrogens is 441 g/mol. The van der Waals surface area contributed by atoms with Crippen molar-refractivity contribution in [2.45, 2.75) is 43.7 Å². The molecule has 1 saturated carbocycles. The van der Waals surface area contributed by atoms with E-state index in [4.69, 9.17) is 4.74 Å². The number of halogens is 1. The fourth-order valence-electron chi connectivity index (χ4n) is 6.68. The first-order valence-corrected chi connectivity index (χ1v) is 13.0. The van der Waals surface area contributed by atoms with Gasteiger partial charge in [-0.1, -0.05) is 12.1 Å². The Bertz CT molecular complexity index is 1210. The lowest BCUT2D eigenvalue weighted by atomic mass is 9.68. The van der Waals surface area contributed by atoms with Gasteiger partial charge in [-0.05, 0) is 80.1 Å². The van der Waals surface area contributed by atoms with E-state index >= 15 is 0 Å². The SMILES string of the molecule is COc1ccc2c3c(n(C)c2c1)[C@@H](CO)N(CC1CC1)CC31CCN(Cc2ccc(F)cc2)CC1. The van der Waals surface area contributed by atoms with Crippen LogP contribution in [0.3, 0.4) is 0 Å². The summed E-state index contributed by atoms with van der Waals surface area (Å²) < 4.78 is 21.2. The number of aryl methyl sites for hydroxylation is 1. The molecule has 35 heavy (non-hydrogen) atoms. The molecule has 2 aromatic carbocycles. The molecule has 1 atom stereocenters. The van der Waals surface area contributed by atoms with Crippen LogP contribution in [0, 0.1) is 11.7 Å². The molecule has 0 bridgehead atoms. The van der Waals surface area contributed by atoms with Crippen molar-refractivity contribution in [3.8, 4) is 5.75 Å². The van der Waals surface area contributed by atoms with Gasteiger partial charge in [0.25, 0.3) is 0 Å². The van der Waals surface area contributed by atoms with Gasteiger partial charge in [0.15, 0.2) is 0 Å². The van der Waals surface area contributed by atoms with Crippen LogP contribution in [0.2, 0.25) is 0 Å². The van der Waals surface area contributed by atoms with Gasteiger partial charge in [0, 0.05) is 49.2 Å². The maximum atomic E-state index is 13.4. The Labute approximate surface area is 207 Å². The van der Waals surface area contributed by atoms with Crippen molar-refractivity contribution in [2.24, 2.45) is 13.0 Å². The van der Waals surface area contributed by atoms with Crippen LogP contribution in [-0.2, 0) is 19.0 Å². The van der Waals surface area contributed by atoms with Gasteiger partial charge in [-0.25, -0.2) is 4.39 Å². The highest BCUT2D eigenvalue weighted by atomic mass is 19.1. The van der Waals surface area contributed by atoms with Crippen LogP contribution >= 0.6 is 0 Å². The smallest absolute Gasteiger partial charge is 0.123 e. The molecule has 2 fully saturated rings. The van der Waals surface area contributed by atoms with Crippen molar-refractivity contribution in [2.75, 3.05) is 39.9 Å². The van der Waals surface area contributed by atoms with E-state index in [-0.39, 0.29) is 23.9 Å². The van der Waals surface area contributed by atoms with Crippen molar-refractivity contribution in [3.63, 3.8) is 0 Å². The average Bonchev–Trinajstić information content (AvgIpc) is 3.65. The van der Waals surface area contributed by atoms with Crippen LogP contribution in [0.15, 0.2) is 42.5 Å². The third-order valence-corrected chi connectivity index (χ3v) is 8.74. The van der Waals surface area contributed by atoms with Crippen molar-refractivity contribution in [3.05, 3.63) is 65.1 Å². The molecule has 1 aliphatic carbocycles. The summed E-state index contributed by atoms with van der Waals surface area (Å²) in [6.07, 6.45) is 4.80. The summed E-state index contributed by atoms with van der Waals surface area (Å²) in [5.41, 5.74) is 5.16. The van der Waals surface area contributed by atoms with E-state index in [1.165, 1.54) is 40.6 Å². The summed E-state index contributed by atoms with van der Waals surface area (Å²) in [6, 6.07) is 13.4. The first-order chi connectivity index (χ1) is 17.0. The number of likely N-dealkylation sites (tertiary alicyclic amines) is 1. The molecule has 1 aromatic heterocycles. The second kappa shape index (κ2) is 8.91. The zero-order valence-corrected chi connectivity index (χ0v) is 20.8. The van der Waals surface area contributed by atoms with Gasteiger partial charge in [0.1, 0.15) is 11.6 Å². The summed E-state index contributed by atoms with van der Waals surface area (Å²) in [4.78, 5) is 5.10. The highest BCUT2D eigenvalue weighted by Gasteiger charge is 2.48. The Hall–Kier alpha value is -2.41. The lowest BCUT2D eigenvalue weighted by Crippen LogP contribution is -2.54. The summed E-state index contributed by atoms with van der Waals surface area (Å²) >= 11 is 0. The maximum Gasteiger partial charge on any atom is 0.123 e. The van der Waals surface area contributed by atoms with Crippen LogP contribution in [0.4, 0.5) is 4.39 Å². The van der Waals surface area contributed by atoms with Gasteiger partial charge in [-0.15, -0.1) is 0 Å². The molecule has 1 N–H and O–H groups in total. The first-order valence-electron chi connectivity index (χ1n) is 13.0. The van der Waals surface area contributed by atoms with E-state index in [9.17, 15) is 9.50 Å². The third kappa shape index (κ3) is 4.05. The zero-order valence-electron chi connectivity index (χ0n) is 20.8. The standard InChI is InChI=1S/C29H36FN3O2/c1-31-25-15-23(35-2)9-10-24(25)27-28(31)26(18-34)33(17-21-3-4-21)19-29(27)11-13-32(14-12-29)16-20-5-7-22(30)8-6-20/h5-10,15,21,26,34H,3-4,11-14,16-19H2,1-2H3/t26-/m1/s1. The molecule has 3 heterocycles. The van der Waals surface area contributed by atoms with Crippen molar-refractivity contribution >= 4 is 10.9 Å². The van der Waals surface area contributed by atoms with Gasteiger partial charge in [0.2, 0.25) is 0 Å². The van der Waals surface area contributed by atoms with Gasteiger partial charge in [-0.2, -0.15) is 0 Å². The fraction of sp³-hybridized carbons (Fsp3) is 0.517. The van der Waals surface area contributed by atoms with E-state index in [0.717, 1.165) is 57.2 Å². The van der Waals surface area contributed by atoms with Crippen LogP contribution < -0.4 is 4.74 Å². The molecule has 1 saturated heterocycles. The molecule has 5 nitrogen and oxygen atoms in total. The van der Waals surface area contributed by atoms with Crippen molar-refractivity contribution in [1.82, 2.24) is 14.4 Å². The Morgan fingerprint density at radius 2 is 1.83 bits per heavy atom. The Morgan fingerprint density at radius 1 is 1.09 bits per heavy atom. The first kappa shape index (κ1) is 23.0. The Morgan fingerprint density at radius 3 is 2.49 bits per heavy atom. The van der Waals surface area contributed by atoms with Gasteiger partial charge in [-0.3, -0.25) is 9.80 Å². The minimum Gasteiger partial charge on any atom is -0.497 e. The van der Waals surface area contributed by atoms with E-state index in [1.807, 2.05) is 12.1 Å². The van der Waals surface area contributed by atoms with Crippen LogP contribution in [0.25, 0.3) is 10.9 Å². The maximum absolute atomic E-state index is 13.4. The Balaban J connectivity index is 1.37. The second-order valence-electron chi connectivity index (χ2n) is 11.0. The van der Waals surface area contributed by atoms with E-state index in [1.54, 1.807) is 19.2 Å². The number of aliphatic hydroxyl groups excluding tert-OH is 1. The summed E-state index contributed by atoms with van der Waals surface area (Å²) in [7, 11) is 3.87. The molecule has 186 valence electrons. The summed E-state index contributed by atoms with van der Waals surface area (Å²) in [6.45, 7) is 5.14. The monoisotopic (exact) mass is 477 g/mol. The average molecular weight is 478 g/mol. The zero-order chi connectivity index (χ0) is 24.2. The molecule has 2 aliphatic heterocycles. The van der Waals surface area contributed by atoms with E-state index in [2.05, 4.69) is 39.6 Å². The molecule has 0 radical (unpaired) electrons. The number of fused-ring (bicyclic) bond motifs is 4. The second-order valence-corrected chi connectivity index (χ2v) is 11.0. The van der Waals surface area contributed by atoms with Crippen molar-refractivity contribution < 1.29 is 14.2 Å². The number of hydrogen-bond acceptors (Lipinski definition) is 4. The number of aromatic nitrogens is 1. The Kier molecular flexibility index (Phi) is 5.86. The third-order valence-electron chi connectivity index (χ3n) is 8.74.